The van der Waals surface area contributed by atoms with Crippen LogP contribution in [0.2, 0.25) is 10.0 Å². The third-order valence-electron chi connectivity index (χ3n) is 3.36. The van der Waals surface area contributed by atoms with E-state index in [0.717, 1.165) is 11.3 Å². The number of thiophene rings is 1. The molecule has 1 heterocycles. The lowest BCUT2D eigenvalue weighted by Crippen LogP contribution is -2.07. The van der Waals surface area contributed by atoms with Crippen LogP contribution in [0.5, 0.6) is 0 Å². The van der Waals surface area contributed by atoms with Crippen molar-refractivity contribution < 1.29 is 14.3 Å². The maximum atomic E-state index is 12.2. The first-order valence-electron chi connectivity index (χ1n) is 7.52. The van der Waals surface area contributed by atoms with Gasteiger partial charge in [0.2, 0.25) is 5.91 Å². The molecule has 0 unspecified atom stereocenters. The number of carbonyl (C=O) groups excluding carboxylic acids is 2. The molecule has 0 aliphatic carbocycles. The Kier molecular flexibility index (Phi) is 6.81. The molecule has 134 valence electrons. The number of esters is 1. The lowest BCUT2D eigenvalue weighted by Gasteiger charge is -2.02. The van der Waals surface area contributed by atoms with Gasteiger partial charge in [-0.15, -0.1) is 11.3 Å². The van der Waals surface area contributed by atoms with Gasteiger partial charge in [-0.05, 0) is 37.6 Å². The standard InChI is InChI=1S/C18H14Cl2N2O3S/c1-3-25-18(24)16-10(2)12(9-21)17(26-16)22-15(23)8-7-11-13(19)5-4-6-14(11)20/h4-8H,3H2,1-2H3,(H,22,23)/b8-7+. The number of carbonyl (C=O) groups is 2. The smallest absolute Gasteiger partial charge is 0.348 e. The first kappa shape index (κ1) is 20.0. The van der Waals surface area contributed by atoms with Crippen molar-refractivity contribution in [1.29, 1.82) is 5.26 Å². The number of hydrogen-bond donors (Lipinski definition) is 1. The second-order valence-electron chi connectivity index (χ2n) is 5.05. The lowest BCUT2D eigenvalue weighted by atomic mass is 10.1. The minimum Gasteiger partial charge on any atom is -0.462 e. The van der Waals surface area contributed by atoms with Crippen LogP contribution in [-0.4, -0.2) is 18.5 Å². The molecule has 0 saturated carbocycles. The average molecular weight is 409 g/mol. The van der Waals surface area contributed by atoms with Crippen molar-refractivity contribution in [2.75, 3.05) is 11.9 Å². The molecule has 0 spiro atoms. The van der Waals surface area contributed by atoms with Gasteiger partial charge >= 0.3 is 5.97 Å². The van der Waals surface area contributed by atoms with Crippen molar-refractivity contribution in [3.05, 3.63) is 55.9 Å². The van der Waals surface area contributed by atoms with Crippen LogP contribution >= 0.6 is 34.5 Å². The first-order valence-corrected chi connectivity index (χ1v) is 9.10. The van der Waals surface area contributed by atoms with E-state index >= 15 is 0 Å². The fourth-order valence-electron chi connectivity index (χ4n) is 2.11. The normalized spacial score (nSPS) is 10.6. The summed E-state index contributed by atoms with van der Waals surface area (Å²) < 4.78 is 4.96. The molecule has 1 aromatic heterocycles. The van der Waals surface area contributed by atoms with Crippen LogP contribution in [0.4, 0.5) is 5.00 Å². The molecule has 1 amide bonds. The van der Waals surface area contributed by atoms with Gasteiger partial charge in [0.15, 0.2) is 0 Å². The molecular weight excluding hydrogens is 395 g/mol. The van der Waals surface area contributed by atoms with Gasteiger partial charge in [-0.1, -0.05) is 29.3 Å². The van der Waals surface area contributed by atoms with Crippen LogP contribution in [0, 0.1) is 18.3 Å². The van der Waals surface area contributed by atoms with Crippen LogP contribution in [0.3, 0.4) is 0 Å². The summed E-state index contributed by atoms with van der Waals surface area (Å²) in [5.41, 5.74) is 1.22. The number of hydrogen-bond acceptors (Lipinski definition) is 5. The number of anilines is 1. The minimum atomic E-state index is -0.523. The highest BCUT2D eigenvalue weighted by atomic mass is 35.5. The molecule has 0 fully saturated rings. The highest BCUT2D eigenvalue weighted by Crippen LogP contribution is 2.33. The summed E-state index contributed by atoms with van der Waals surface area (Å²) in [6, 6.07) is 7.02. The Bertz CT molecular complexity index is 909. The Hall–Kier alpha value is -2.33. The summed E-state index contributed by atoms with van der Waals surface area (Å²) >= 11 is 13.1. The number of nitriles is 1. The second-order valence-corrected chi connectivity index (χ2v) is 6.89. The predicted octanol–water partition coefficient (Wildman–Crippen LogP) is 5.06. The van der Waals surface area contributed by atoms with E-state index in [-0.39, 0.29) is 22.0 Å². The van der Waals surface area contributed by atoms with Crippen molar-refractivity contribution in [3.63, 3.8) is 0 Å². The number of halogens is 2. The molecule has 1 aromatic carbocycles. The van der Waals surface area contributed by atoms with Crippen LogP contribution in [0.1, 0.15) is 33.3 Å². The largest absolute Gasteiger partial charge is 0.462 e. The highest BCUT2D eigenvalue weighted by molar-refractivity contribution is 7.18. The fourth-order valence-corrected chi connectivity index (χ4v) is 3.69. The minimum absolute atomic E-state index is 0.223. The molecule has 5 nitrogen and oxygen atoms in total. The van der Waals surface area contributed by atoms with Crippen LogP contribution in [0.15, 0.2) is 24.3 Å². The Morgan fingerprint density at radius 2 is 2.00 bits per heavy atom. The van der Waals surface area contributed by atoms with E-state index in [1.54, 1.807) is 32.0 Å². The first-order chi connectivity index (χ1) is 12.4. The summed E-state index contributed by atoms with van der Waals surface area (Å²) in [6.45, 7) is 3.55. The zero-order chi connectivity index (χ0) is 19.3. The van der Waals surface area contributed by atoms with E-state index in [4.69, 9.17) is 27.9 Å². The quantitative estimate of drug-likeness (QED) is 0.553. The van der Waals surface area contributed by atoms with Gasteiger partial charge in [-0.2, -0.15) is 5.26 Å². The summed E-state index contributed by atoms with van der Waals surface area (Å²) in [7, 11) is 0. The number of nitrogens with zero attached hydrogens (tertiary/aromatic N) is 1. The third kappa shape index (κ3) is 4.44. The maximum absolute atomic E-state index is 12.2. The van der Waals surface area contributed by atoms with Crippen molar-refractivity contribution in [3.8, 4) is 6.07 Å². The summed E-state index contributed by atoms with van der Waals surface area (Å²) in [5, 5.41) is 13.0. The molecule has 0 aliphatic heterocycles. The van der Waals surface area contributed by atoms with E-state index < -0.39 is 11.9 Å². The maximum Gasteiger partial charge on any atom is 0.348 e. The SMILES string of the molecule is CCOC(=O)c1sc(NC(=O)/C=C/c2c(Cl)cccc2Cl)c(C#N)c1C. The molecule has 1 N–H and O–H groups in total. The molecular formula is C18H14Cl2N2O3S. The van der Waals surface area contributed by atoms with E-state index in [1.807, 2.05) is 6.07 Å². The van der Waals surface area contributed by atoms with Crippen molar-refractivity contribution in [2.24, 2.45) is 0 Å². The molecule has 0 saturated heterocycles. The van der Waals surface area contributed by atoms with Crippen molar-refractivity contribution in [2.45, 2.75) is 13.8 Å². The van der Waals surface area contributed by atoms with Gasteiger partial charge in [-0.25, -0.2) is 4.79 Å². The Balaban J connectivity index is 2.24. The Morgan fingerprint density at radius 3 is 2.58 bits per heavy atom. The number of benzene rings is 1. The highest BCUT2D eigenvalue weighted by Gasteiger charge is 2.21. The zero-order valence-corrected chi connectivity index (χ0v) is 16.3. The third-order valence-corrected chi connectivity index (χ3v) is 5.20. The molecule has 0 atom stereocenters. The molecule has 26 heavy (non-hydrogen) atoms. The number of rotatable bonds is 5. The van der Waals surface area contributed by atoms with E-state index in [9.17, 15) is 14.9 Å². The molecule has 0 radical (unpaired) electrons. The number of nitrogens with one attached hydrogen (secondary N) is 1. The lowest BCUT2D eigenvalue weighted by molar-refractivity contribution is -0.111. The van der Waals surface area contributed by atoms with E-state index in [2.05, 4.69) is 5.32 Å². The van der Waals surface area contributed by atoms with Crippen LogP contribution in [0.25, 0.3) is 6.08 Å². The van der Waals surface area contributed by atoms with E-state index in [1.165, 1.54) is 12.2 Å². The molecule has 8 heteroatoms. The predicted molar refractivity (Wildman–Crippen MR) is 104 cm³/mol. The fraction of sp³-hybridized carbons (Fsp3) is 0.167. The Morgan fingerprint density at radius 1 is 1.35 bits per heavy atom. The summed E-state index contributed by atoms with van der Waals surface area (Å²) in [6.07, 6.45) is 2.74. The summed E-state index contributed by atoms with van der Waals surface area (Å²) in [5.74, 6) is -1.00. The zero-order valence-electron chi connectivity index (χ0n) is 13.9. The Labute approximate surface area is 164 Å². The van der Waals surface area contributed by atoms with Gasteiger partial charge in [0.1, 0.15) is 15.9 Å². The monoisotopic (exact) mass is 408 g/mol. The van der Waals surface area contributed by atoms with Gasteiger partial charge < -0.3 is 10.1 Å². The average Bonchev–Trinajstić information content (AvgIpc) is 2.90. The summed E-state index contributed by atoms with van der Waals surface area (Å²) in [4.78, 5) is 24.4. The topological polar surface area (TPSA) is 79.2 Å². The van der Waals surface area contributed by atoms with Gasteiger partial charge in [0.25, 0.3) is 0 Å². The van der Waals surface area contributed by atoms with Crippen LogP contribution < -0.4 is 5.32 Å². The molecule has 2 rings (SSSR count). The molecule has 0 bridgehead atoms. The van der Waals surface area contributed by atoms with Gasteiger partial charge in [-0.3, -0.25) is 4.79 Å². The second kappa shape index (κ2) is 8.86. The molecule has 2 aromatic rings. The van der Waals surface area contributed by atoms with Crippen molar-refractivity contribution in [1.82, 2.24) is 0 Å². The molecule has 0 aliphatic rings. The van der Waals surface area contributed by atoms with E-state index in [0.29, 0.717) is 21.2 Å². The van der Waals surface area contributed by atoms with Gasteiger partial charge in [0, 0.05) is 21.7 Å². The van der Waals surface area contributed by atoms with Crippen LogP contribution in [-0.2, 0) is 9.53 Å². The number of amides is 1. The van der Waals surface area contributed by atoms with Crippen molar-refractivity contribution >= 4 is 57.5 Å². The van der Waals surface area contributed by atoms with Gasteiger partial charge in [0.05, 0.1) is 12.2 Å². The number of ether oxygens (including phenoxy) is 1.